The summed E-state index contributed by atoms with van der Waals surface area (Å²) in [5, 5.41) is 13.4. The Morgan fingerprint density at radius 1 is 1.06 bits per heavy atom. The van der Waals surface area contributed by atoms with Gasteiger partial charge in [-0.25, -0.2) is 4.79 Å². The minimum Gasteiger partial charge on any atom is -0.478 e. The van der Waals surface area contributed by atoms with E-state index in [-0.39, 0.29) is 23.0 Å². The summed E-state index contributed by atoms with van der Waals surface area (Å²) >= 11 is 0. The number of hydrogen-bond donors (Lipinski definition) is 2. The number of halogens is 1. The number of carbonyl (C=O) groups is 1. The largest absolute Gasteiger partial charge is 0.478 e. The number of hydrogen-bond acceptors (Lipinski definition) is 5. The van der Waals surface area contributed by atoms with Gasteiger partial charge in [-0.2, -0.15) is 0 Å². The van der Waals surface area contributed by atoms with E-state index in [2.05, 4.69) is 5.32 Å². The Balaban J connectivity index is 0.00000148. The molecule has 1 fully saturated rings. The topological polar surface area (TPSA) is 88.8 Å². The first-order valence-corrected chi connectivity index (χ1v) is 11.6. The van der Waals surface area contributed by atoms with Gasteiger partial charge in [-0.15, -0.1) is 0 Å². The summed E-state index contributed by atoms with van der Waals surface area (Å²) < 4.78 is 21.4. The molecule has 0 amide bonds. The van der Waals surface area contributed by atoms with Crippen LogP contribution in [0.2, 0.25) is 0 Å². The Hall–Kier alpha value is -3.97. The maximum Gasteiger partial charge on any atom is 0.337 e. The highest BCUT2D eigenvalue weighted by atomic mass is 19.1. The molecule has 0 spiro atoms. The average molecular weight is 490 g/mol. The minimum absolute atomic E-state index is 0.00203. The average Bonchev–Trinajstić information content (AvgIpc) is 2.86. The van der Waals surface area contributed by atoms with E-state index in [9.17, 15) is 19.1 Å². The first kappa shape index (κ1) is 25.1. The minimum atomic E-state index is -1.00. The number of benzene rings is 3. The monoisotopic (exact) mass is 489 g/mol. The van der Waals surface area contributed by atoms with Crippen molar-refractivity contribution in [3.05, 3.63) is 99.2 Å². The van der Waals surface area contributed by atoms with E-state index in [0.717, 1.165) is 16.7 Å². The molecule has 5 rings (SSSR count). The maximum absolute atomic E-state index is 13.8. The molecule has 6 nitrogen and oxygen atoms in total. The number of rotatable bonds is 6. The van der Waals surface area contributed by atoms with Gasteiger partial charge >= 0.3 is 5.97 Å². The van der Waals surface area contributed by atoms with E-state index in [4.69, 9.17) is 9.15 Å². The van der Waals surface area contributed by atoms with Crippen LogP contribution in [0.3, 0.4) is 0 Å². The Morgan fingerprint density at radius 3 is 2.36 bits per heavy atom. The molecule has 4 aromatic rings. The van der Waals surface area contributed by atoms with Gasteiger partial charge in [0.25, 0.3) is 0 Å². The summed E-state index contributed by atoms with van der Waals surface area (Å²) in [6.07, 6.45) is 0. The maximum atomic E-state index is 13.8. The number of nitrogens with one attached hydrogen (secondary N) is 1. The Morgan fingerprint density at radius 2 is 1.72 bits per heavy atom. The molecule has 0 saturated carbocycles. The van der Waals surface area contributed by atoms with Gasteiger partial charge in [-0.3, -0.25) is 9.18 Å². The first-order chi connectivity index (χ1) is 17.4. The van der Waals surface area contributed by atoms with E-state index in [1.807, 2.05) is 56.3 Å². The lowest BCUT2D eigenvalue weighted by atomic mass is 9.91. The van der Waals surface area contributed by atoms with Crippen molar-refractivity contribution in [1.82, 2.24) is 0 Å². The van der Waals surface area contributed by atoms with Crippen molar-refractivity contribution in [2.24, 2.45) is 0 Å². The second-order valence-electron chi connectivity index (χ2n) is 8.72. The highest BCUT2D eigenvalue weighted by molar-refractivity contribution is 5.94. The lowest BCUT2D eigenvalue weighted by Gasteiger charge is -2.28. The fraction of sp³-hybridized carbons (Fsp3) is 0.241. The molecule has 1 unspecified atom stereocenters. The number of aromatic carboxylic acids is 1. The normalized spacial score (nSPS) is 13.9. The van der Waals surface area contributed by atoms with Crippen LogP contribution in [0.5, 0.6) is 0 Å². The Bertz CT molecular complexity index is 1440. The highest BCUT2D eigenvalue weighted by Gasteiger charge is 2.30. The van der Waals surface area contributed by atoms with Crippen LogP contribution < -0.4 is 10.7 Å². The van der Waals surface area contributed by atoms with Crippen LogP contribution in [-0.2, 0) is 4.74 Å². The van der Waals surface area contributed by atoms with Crippen LogP contribution in [0.15, 0.2) is 75.9 Å². The molecule has 186 valence electrons. The molecule has 1 saturated heterocycles. The number of ether oxygens (including phenoxy) is 1. The van der Waals surface area contributed by atoms with Gasteiger partial charge in [0, 0.05) is 22.7 Å². The number of carboxylic acids is 1. The smallest absolute Gasteiger partial charge is 0.337 e. The van der Waals surface area contributed by atoms with Gasteiger partial charge in [0.2, 0.25) is 0 Å². The standard InChI is InChI=1S/C28H25NO5.CH3F/c1-16-12-21(17(2)29-23-11-7-6-10-20(23)28(31)32)27-22(13-16)25(30)24(19-14-33-15-19)26(34-27)18-8-4-3-5-9-18;1-2/h3-13,17,19,29H,14-15H2,1-2H3,(H,31,32);1H3. The quantitative estimate of drug-likeness (QED) is 0.329. The van der Waals surface area contributed by atoms with E-state index in [1.54, 1.807) is 24.3 Å². The van der Waals surface area contributed by atoms with Crippen LogP contribution in [-0.4, -0.2) is 31.5 Å². The van der Waals surface area contributed by atoms with Gasteiger partial charge < -0.3 is 19.6 Å². The molecule has 0 bridgehead atoms. The molecule has 3 aromatic carbocycles. The summed E-state index contributed by atoms with van der Waals surface area (Å²) in [5.41, 5.74) is 4.36. The van der Waals surface area contributed by atoms with E-state index >= 15 is 0 Å². The third-order valence-corrected chi connectivity index (χ3v) is 6.28. The summed E-state index contributed by atoms with van der Waals surface area (Å²) in [6.45, 7) is 4.87. The molecule has 1 aliphatic heterocycles. The molecular weight excluding hydrogens is 461 g/mol. The van der Waals surface area contributed by atoms with Crippen LogP contribution in [0.25, 0.3) is 22.3 Å². The molecular formula is C29H28FNO5. The second-order valence-corrected chi connectivity index (χ2v) is 8.72. The van der Waals surface area contributed by atoms with Crippen molar-refractivity contribution < 1.29 is 23.4 Å². The third kappa shape index (κ3) is 4.75. The number of aryl methyl sites for hydroxylation is 1. The van der Waals surface area contributed by atoms with Crippen molar-refractivity contribution >= 4 is 22.6 Å². The molecule has 7 heteroatoms. The number of para-hydroxylation sites is 1. The van der Waals surface area contributed by atoms with Crippen LogP contribution >= 0.6 is 0 Å². The van der Waals surface area contributed by atoms with Gasteiger partial charge in [0.1, 0.15) is 11.3 Å². The first-order valence-electron chi connectivity index (χ1n) is 11.6. The van der Waals surface area contributed by atoms with Crippen molar-refractivity contribution in [2.45, 2.75) is 25.8 Å². The zero-order valence-corrected chi connectivity index (χ0v) is 20.4. The van der Waals surface area contributed by atoms with Gasteiger partial charge in [0.05, 0.1) is 42.9 Å². The Kier molecular flexibility index (Phi) is 7.50. The summed E-state index contributed by atoms with van der Waals surface area (Å²) in [4.78, 5) is 25.4. The number of anilines is 1. The molecule has 2 N–H and O–H groups in total. The SMILES string of the molecule is CF.Cc1cc(C(C)Nc2ccccc2C(=O)O)c2oc(-c3ccccc3)c(C3COC3)c(=O)c2c1. The molecule has 1 aliphatic rings. The molecule has 2 heterocycles. The summed E-state index contributed by atoms with van der Waals surface area (Å²) in [7, 11) is 0.500. The predicted molar refractivity (Wildman–Crippen MR) is 139 cm³/mol. The zero-order chi connectivity index (χ0) is 25.8. The van der Waals surface area contributed by atoms with E-state index < -0.39 is 5.97 Å². The molecule has 36 heavy (non-hydrogen) atoms. The molecule has 1 atom stereocenters. The van der Waals surface area contributed by atoms with Crippen molar-refractivity contribution in [3.8, 4) is 11.3 Å². The lowest BCUT2D eigenvalue weighted by Crippen LogP contribution is -2.30. The third-order valence-electron chi connectivity index (χ3n) is 6.28. The fourth-order valence-electron chi connectivity index (χ4n) is 4.49. The van der Waals surface area contributed by atoms with Gasteiger partial charge in [-0.05, 0) is 37.6 Å². The van der Waals surface area contributed by atoms with Crippen LogP contribution in [0.1, 0.15) is 45.9 Å². The van der Waals surface area contributed by atoms with Crippen LogP contribution in [0.4, 0.5) is 10.1 Å². The van der Waals surface area contributed by atoms with Crippen LogP contribution in [0, 0.1) is 6.92 Å². The van der Waals surface area contributed by atoms with Crippen molar-refractivity contribution in [1.29, 1.82) is 0 Å². The fourth-order valence-corrected chi connectivity index (χ4v) is 4.49. The van der Waals surface area contributed by atoms with E-state index in [0.29, 0.717) is 48.4 Å². The molecule has 0 radical (unpaired) electrons. The Labute approximate surface area is 208 Å². The molecule has 0 aliphatic carbocycles. The number of fused-ring (bicyclic) bond motifs is 1. The van der Waals surface area contributed by atoms with Gasteiger partial charge in [0.15, 0.2) is 5.43 Å². The van der Waals surface area contributed by atoms with Crippen molar-refractivity contribution in [3.63, 3.8) is 0 Å². The predicted octanol–water partition coefficient (Wildman–Crippen LogP) is 6.34. The molecule has 1 aromatic heterocycles. The number of alkyl halides is 1. The number of carboxylic acid groups (broad SMARTS) is 1. The second kappa shape index (κ2) is 10.7. The van der Waals surface area contributed by atoms with Crippen molar-refractivity contribution in [2.75, 3.05) is 25.7 Å². The highest BCUT2D eigenvalue weighted by Crippen LogP contribution is 2.36. The summed E-state index contributed by atoms with van der Waals surface area (Å²) in [6, 6.07) is 19.9. The zero-order valence-electron chi connectivity index (χ0n) is 20.4. The van der Waals surface area contributed by atoms with E-state index in [1.165, 1.54) is 0 Å². The van der Waals surface area contributed by atoms with Gasteiger partial charge in [-0.1, -0.05) is 48.5 Å². The lowest BCUT2D eigenvalue weighted by molar-refractivity contribution is 0.00777. The summed E-state index contributed by atoms with van der Waals surface area (Å²) in [5.74, 6) is -0.442.